The standard InChI is InChI=1S/C11H12BrNO/c1-3-8(2)13-11(14)9-6-4-5-7-10(9)12/h3-8H,1H2,2H3,(H,13,14). The first-order chi connectivity index (χ1) is 6.65. The van der Waals surface area contributed by atoms with Gasteiger partial charge in [0.2, 0.25) is 0 Å². The fraction of sp³-hybridized carbons (Fsp3) is 0.182. The van der Waals surface area contributed by atoms with E-state index in [1.165, 1.54) is 0 Å². The SMILES string of the molecule is C=CC(C)NC(=O)c1ccccc1Br. The van der Waals surface area contributed by atoms with E-state index < -0.39 is 0 Å². The molecule has 0 aliphatic rings. The molecular weight excluding hydrogens is 242 g/mol. The van der Waals surface area contributed by atoms with Crippen molar-refractivity contribution in [3.63, 3.8) is 0 Å². The van der Waals surface area contributed by atoms with Crippen molar-refractivity contribution in [2.75, 3.05) is 0 Å². The minimum absolute atomic E-state index is 0.0189. The minimum atomic E-state index is -0.0927. The Kier molecular flexibility index (Phi) is 3.89. The van der Waals surface area contributed by atoms with Crippen LogP contribution in [0.1, 0.15) is 17.3 Å². The van der Waals surface area contributed by atoms with Gasteiger partial charge < -0.3 is 5.32 Å². The summed E-state index contributed by atoms with van der Waals surface area (Å²) in [4.78, 5) is 11.6. The van der Waals surface area contributed by atoms with Gasteiger partial charge in [-0.1, -0.05) is 18.2 Å². The summed E-state index contributed by atoms with van der Waals surface area (Å²) < 4.78 is 0.800. The highest BCUT2D eigenvalue weighted by molar-refractivity contribution is 9.10. The summed E-state index contributed by atoms with van der Waals surface area (Å²) in [6.07, 6.45) is 1.69. The molecule has 1 amide bonds. The molecule has 3 heteroatoms. The van der Waals surface area contributed by atoms with Gasteiger partial charge in [-0.05, 0) is 35.0 Å². The van der Waals surface area contributed by atoms with Gasteiger partial charge in [-0.3, -0.25) is 4.79 Å². The summed E-state index contributed by atoms with van der Waals surface area (Å²) >= 11 is 3.32. The highest BCUT2D eigenvalue weighted by Gasteiger charge is 2.09. The van der Waals surface area contributed by atoms with Gasteiger partial charge in [0.05, 0.1) is 5.56 Å². The smallest absolute Gasteiger partial charge is 0.252 e. The van der Waals surface area contributed by atoms with Crippen LogP contribution in [0.5, 0.6) is 0 Å². The van der Waals surface area contributed by atoms with E-state index in [0.717, 1.165) is 4.47 Å². The van der Waals surface area contributed by atoms with E-state index in [2.05, 4.69) is 27.8 Å². The lowest BCUT2D eigenvalue weighted by atomic mass is 10.2. The molecule has 2 nitrogen and oxygen atoms in total. The molecule has 0 saturated heterocycles. The number of hydrogen-bond donors (Lipinski definition) is 1. The third kappa shape index (κ3) is 2.70. The molecular formula is C11H12BrNO. The lowest BCUT2D eigenvalue weighted by Crippen LogP contribution is -2.31. The summed E-state index contributed by atoms with van der Waals surface area (Å²) in [5, 5.41) is 2.80. The van der Waals surface area contributed by atoms with Crippen LogP contribution in [0, 0.1) is 0 Å². The van der Waals surface area contributed by atoms with Gasteiger partial charge >= 0.3 is 0 Å². The topological polar surface area (TPSA) is 29.1 Å². The predicted molar refractivity (Wildman–Crippen MR) is 61.3 cm³/mol. The fourth-order valence-corrected chi connectivity index (χ4v) is 1.45. The van der Waals surface area contributed by atoms with Crippen molar-refractivity contribution in [1.82, 2.24) is 5.32 Å². The molecule has 1 aromatic rings. The second-order valence-electron chi connectivity index (χ2n) is 2.98. The van der Waals surface area contributed by atoms with Crippen molar-refractivity contribution >= 4 is 21.8 Å². The van der Waals surface area contributed by atoms with Crippen LogP contribution in [0.15, 0.2) is 41.4 Å². The number of hydrogen-bond acceptors (Lipinski definition) is 1. The van der Waals surface area contributed by atoms with Gasteiger partial charge in [-0.2, -0.15) is 0 Å². The Labute approximate surface area is 92.1 Å². The summed E-state index contributed by atoms with van der Waals surface area (Å²) in [6.45, 7) is 5.48. The summed E-state index contributed by atoms with van der Waals surface area (Å²) in [7, 11) is 0. The number of carbonyl (C=O) groups excluding carboxylic acids is 1. The average molecular weight is 254 g/mol. The van der Waals surface area contributed by atoms with Crippen LogP contribution in [0.25, 0.3) is 0 Å². The molecule has 0 fully saturated rings. The Hall–Kier alpha value is -1.09. The van der Waals surface area contributed by atoms with Crippen molar-refractivity contribution in [3.05, 3.63) is 47.0 Å². The molecule has 0 spiro atoms. The maximum Gasteiger partial charge on any atom is 0.252 e. The van der Waals surface area contributed by atoms with Crippen LogP contribution in [0.2, 0.25) is 0 Å². The van der Waals surface area contributed by atoms with E-state index in [0.29, 0.717) is 5.56 Å². The normalized spacial score (nSPS) is 11.9. The number of nitrogens with one attached hydrogen (secondary N) is 1. The lowest BCUT2D eigenvalue weighted by Gasteiger charge is -2.09. The Morgan fingerprint density at radius 3 is 2.79 bits per heavy atom. The van der Waals surface area contributed by atoms with E-state index in [1.54, 1.807) is 12.1 Å². The molecule has 0 aromatic heterocycles. The van der Waals surface area contributed by atoms with Gasteiger partial charge in [0.1, 0.15) is 0 Å². The highest BCUT2D eigenvalue weighted by Crippen LogP contribution is 2.15. The van der Waals surface area contributed by atoms with Crippen LogP contribution >= 0.6 is 15.9 Å². The van der Waals surface area contributed by atoms with E-state index in [9.17, 15) is 4.79 Å². The van der Waals surface area contributed by atoms with Crippen molar-refractivity contribution in [2.45, 2.75) is 13.0 Å². The van der Waals surface area contributed by atoms with Crippen LogP contribution in [-0.4, -0.2) is 11.9 Å². The number of rotatable bonds is 3. The van der Waals surface area contributed by atoms with Crippen molar-refractivity contribution < 1.29 is 4.79 Å². The van der Waals surface area contributed by atoms with E-state index in [-0.39, 0.29) is 11.9 Å². The van der Waals surface area contributed by atoms with Gasteiger partial charge in [-0.25, -0.2) is 0 Å². The van der Waals surface area contributed by atoms with E-state index in [1.807, 2.05) is 25.1 Å². The Morgan fingerprint density at radius 1 is 1.57 bits per heavy atom. The molecule has 14 heavy (non-hydrogen) atoms. The number of amides is 1. The summed E-state index contributed by atoms with van der Waals surface area (Å²) in [6, 6.07) is 7.30. The van der Waals surface area contributed by atoms with E-state index in [4.69, 9.17) is 0 Å². The average Bonchev–Trinajstić information content (AvgIpc) is 2.18. The summed E-state index contributed by atoms with van der Waals surface area (Å²) in [5.74, 6) is -0.0927. The number of halogens is 1. The fourth-order valence-electron chi connectivity index (χ4n) is 0.989. The van der Waals surface area contributed by atoms with Gasteiger partial charge in [0, 0.05) is 10.5 Å². The molecule has 0 bridgehead atoms. The molecule has 74 valence electrons. The minimum Gasteiger partial charge on any atom is -0.346 e. The zero-order chi connectivity index (χ0) is 10.6. The molecule has 1 N–H and O–H groups in total. The first-order valence-electron chi connectivity index (χ1n) is 4.33. The van der Waals surface area contributed by atoms with E-state index >= 15 is 0 Å². The second kappa shape index (κ2) is 4.96. The van der Waals surface area contributed by atoms with Crippen LogP contribution < -0.4 is 5.32 Å². The Morgan fingerprint density at radius 2 is 2.21 bits per heavy atom. The molecule has 0 heterocycles. The molecule has 0 radical (unpaired) electrons. The predicted octanol–water partition coefficient (Wildman–Crippen LogP) is 2.75. The van der Waals surface area contributed by atoms with Crippen molar-refractivity contribution in [2.24, 2.45) is 0 Å². The van der Waals surface area contributed by atoms with Crippen LogP contribution in [0.4, 0.5) is 0 Å². The third-order valence-corrected chi connectivity index (χ3v) is 2.52. The highest BCUT2D eigenvalue weighted by atomic mass is 79.9. The van der Waals surface area contributed by atoms with Crippen molar-refractivity contribution in [1.29, 1.82) is 0 Å². The quantitative estimate of drug-likeness (QED) is 0.825. The largest absolute Gasteiger partial charge is 0.346 e. The second-order valence-corrected chi connectivity index (χ2v) is 3.83. The third-order valence-electron chi connectivity index (χ3n) is 1.83. The van der Waals surface area contributed by atoms with Gasteiger partial charge in [-0.15, -0.1) is 6.58 Å². The van der Waals surface area contributed by atoms with Gasteiger partial charge in [0.15, 0.2) is 0 Å². The molecule has 0 aliphatic heterocycles. The molecule has 1 unspecified atom stereocenters. The zero-order valence-corrected chi connectivity index (χ0v) is 9.54. The maximum atomic E-state index is 11.6. The zero-order valence-electron chi connectivity index (χ0n) is 7.96. The van der Waals surface area contributed by atoms with Crippen LogP contribution in [-0.2, 0) is 0 Å². The lowest BCUT2D eigenvalue weighted by molar-refractivity contribution is 0.0946. The monoisotopic (exact) mass is 253 g/mol. The molecule has 1 atom stereocenters. The molecule has 1 aromatic carbocycles. The first-order valence-corrected chi connectivity index (χ1v) is 5.12. The summed E-state index contributed by atoms with van der Waals surface area (Å²) in [5.41, 5.74) is 0.640. The van der Waals surface area contributed by atoms with Gasteiger partial charge in [0.25, 0.3) is 5.91 Å². The maximum absolute atomic E-state index is 11.6. The van der Waals surface area contributed by atoms with Crippen LogP contribution in [0.3, 0.4) is 0 Å². The molecule has 0 saturated carbocycles. The first kappa shape index (κ1) is 11.0. The van der Waals surface area contributed by atoms with Crippen molar-refractivity contribution in [3.8, 4) is 0 Å². The number of carbonyl (C=O) groups is 1. The molecule has 0 aliphatic carbocycles. The molecule has 1 rings (SSSR count). The Balaban J connectivity index is 2.80. The number of benzene rings is 1. The Bertz CT molecular complexity index is 349.